The molecule has 1 N–H and O–H groups in total. The van der Waals surface area contributed by atoms with Crippen molar-refractivity contribution in [1.82, 2.24) is 13.7 Å². The number of hydrogen-bond acceptors (Lipinski definition) is 3. The number of aromatic nitrogens is 3. The van der Waals surface area contributed by atoms with Gasteiger partial charge in [0.1, 0.15) is 0 Å². The van der Waals surface area contributed by atoms with Gasteiger partial charge < -0.3 is 9.88 Å². The van der Waals surface area contributed by atoms with Crippen LogP contribution in [-0.2, 0) is 14.1 Å². The zero-order valence-electron chi connectivity index (χ0n) is 17.5. The van der Waals surface area contributed by atoms with Crippen LogP contribution in [0.15, 0.2) is 64.3 Å². The van der Waals surface area contributed by atoms with E-state index in [9.17, 15) is 9.59 Å². The molecule has 0 aliphatic carbocycles. The number of para-hydroxylation sites is 2. The summed E-state index contributed by atoms with van der Waals surface area (Å²) in [6.07, 6.45) is 1.86. The summed E-state index contributed by atoms with van der Waals surface area (Å²) in [5.74, 6) is 0.452. The lowest BCUT2D eigenvalue weighted by atomic mass is 9.96. The summed E-state index contributed by atoms with van der Waals surface area (Å²) in [5, 5.41) is 4.17. The van der Waals surface area contributed by atoms with Crippen molar-refractivity contribution >= 4 is 16.6 Å². The molecule has 30 heavy (non-hydrogen) atoms. The summed E-state index contributed by atoms with van der Waals surface area (Å²) in [7, 11) is 3.25. The van der Waals surface area contributed by atoms with Crippen molar-refractivity contribution in [2.24, 2.45) is 14.1 Å². The van der Waals surface area contributed by atoms with Gasteiger partial charge >= 0.3 is 5.69 Å². The van der Waals surface area contributed by atoms with E-state index in [2.05, 4.69) is 48.0 Å². The first kappa shape index (κ1) is 18.5. The fourth-order valence-corrected chi connectivity index (χ4v) is 4.43. The van der Waals surface area contributed by atoms with Gasteiger partial charge in [0, 0.05) is 20.3 Å². The number of rotatable bonds is 2. The topological polar surface area (TPSA) is 61.0 Å². The van der Waals surface area contributed by atoms with E-state index in [4.69, 9.17) is 0 Å². The minimum Gasteiger partial charge on any atom is -0.371 e. The molecular formula is C24H24N4O2. The monoisotopic (exact) mass is 400 g/mol. The minimum absolute atomic E-state index is 0.184. The van der Waals surface area contributed by atoms with Crippen LogP contribution in [0.4, 0.5) is 5.69 Å². The SMILES string of the molecule is CC(C)c1ccc([C@H]2Nc3ccccc3-n3cc4c(=O)n(C)c(=O)n(C)c4c32)cc1. The lowest BCUT2D eigenvalue weighted by Gasteiger charge is -2.30. The molecule has 0 amide bonds. The molecule has 0 saturated heterocycles. The van der Waals surface area contributed by atoms with Gasteiger partial charge in [0.05, 0.1) is 34.0 Å². The third-order valence-electron chi connectivity index (χ3n) is 6.13. The van der Waals surface area contributed by atoms with E-state index in [1.165, 1.54) is 17.2 Å². The van der Waals surface area contributed by atoms with Gasteiger partial charge in [0.15, 0.2) is 0 Å². The highest BCUT2D eigenvalue weighted by Crippen LogP contribution is 2.40. The van der Waals surface area contributed by atoms with Gasteiger partial charge in [-0.3, -0.25) is 13.9 Å². The van der Waals surface area contributed by atoms with E-state index in [1.54, 1.807) is 11.6 Å². The molecule has 5 rings (SSSR count). The lowest BCUT2D eigenvalue weighted by Crippen LogP contribution is -2.37. The summed E-state index contributed by atoms with van der Waals surface area (Å²) in [6, 6.07) is 16.4. The summed E-state index contributed by atoms with van der Waals surface area (Å²) < 4.78 is 4.80. The third-order valence-corrected chi connectivity index (χ3v) is 6.13. The fraction of sp³-hybridized carbons (Fsp3) is 0.250. The number of nitrogens with zero attached hydrogens (tertiary/aromatic N) is 3. The lowest BCUT2D eigenvalue weighted by molar-refractivity contribution is 0.708. The second-order valence-corrected chi connectivity index (χ2v) is 8.27. The van der Waals surface area contributed by atoms with E-state index in [0.29, 0.717) is 16.8 Å². The Morgan fingerprint density at radius 3 is 2.33 bits per heavy atom. The summed E-state index contributed by atoms with van der Waals surface area (Å²) in [6.45, 7) is 4.35. The average molecular weight is 400 g/mol. The smallest absolute Gasteiger partial charge is 0.331 e. The van der Waals surface area contributed by atoms with Crippen molar-refractivity contribution in [3.63, 3.8) is 0 Å². The normalized spacial score (nSPS) is 15.2. The molecule has 2 aromatic carbocycles. The van der Waals surface area contributed by atoms with Crippen molar-refractivity contribution in [2.45, 2.75) is 25.8 Å². The quantitative estimate of drug-likeness (QED) is 0.559. The standard InChI is InChI=1S/C24H24N4O2/c1-14(2)15-9-11-16(12-10-15)20-22-21-17(23(29)27(4)24(30)26(21)3)13-28(22)19-8-6-5-7-18(19)25-20/h5-14,20,25H,1-4H3/t20-/m1/s1. The maximum Gasteiger partial charge on any atom is 0.331 e. The van der Waals surface area contributed by atoms with Crippen molar-refractivity contribution in [2.75, 3.05) is 5.32 Å². The predicted molar refractivity (Wildman–Crippen MR) is 120 cm³/mol. The maximum atomic E-state index is 12.9. The van der Waals surface area contributed by atoms with E-state index in [-0.39, 0.29) is 17.3 Å². The molecule has 6 heteroatoms. The fourth-order valence-electron chi connectivity index (χ4n) is 4.43. The highest BCUT2D eigenvalue weighted by atomic mass is 16.2. The first-order valence-corrected chi connectivity index (χ1v) is 10.1. The van der Waals surface area contributed by atoms with E-state index in [0.717, 1.165) is 22.6 Å². The number of benzene rings is 2. The van der Waals surface area contributed by atoms with Crippen molar-refractivity contribution < 1.29 is 0 Å². The van der Waals surface area contributed by atoms with Gasteiger partial charge in [-0.15, -0.1) is 0 Å². The first-order chi connectivity index (χ1) is 14.4. The maximum absolute atomic E-state index is 12.9. The van der Waals surface area contributed by atoms with Gasteiger partial charge in [0.2, 0.25) is 0 Å². The number of aryl methyl sites for hydroxylation is 1. The molecule has 152 valence electrons. The molecule has 0 radical (unpaired) electrons. The molecule has 1 aliphatic heterocycles. The largest absolute Gasteiger partial charge is 0.371 e. The molecule has 0 spiro atoms. The van der Waals surface area contributed by atoms with Crippen LogP contribution in [0, 0.1) is 0 Å². The van der Waals surface area contributed by atoms with Crippen LogP contribution in [0.1, 0.15) is 42.6 Å². The summed E-state index contributed by atoms with van der Waals surface area (Å²) in [5.41, 5.74) is 5.29. The Balaban J connectivity index is 1.85. The molecule has 3 heterocycles. The van der Waals surface area contributed by atoms with Gasteiger partial charge in [-0.2, -0.15) is 0 Å². The molecule has 6 nitrogen and oxygen atoms in total. The van der Waals surface area contributed by atoms with Gasteiger partial charge in [0.25, 0.3) is 5.56 Å². The Bertz CT molecular complexity index is 1400. The molecule has 0 bridgehead atoms. The highest BCUT2D eigenvalue weighted by Gasteiger charge is 2.30. The Morgan fingerprint density at radius 1 is 0.933 bits per heavy atom. The van der Waals surface area contributed by atoms with Crippen LogP contribution in [-0.4, -0.2) is 13.7 Å². The molecule has 2 aromatic heterocycles. The Hall–Kier alpha value is -3.54. The van der Waals surface area contributed by atoms with Crippen LogP contribution in [0.25, 0.3) is 16.6 Å². The second-order valence-electron chi connectivity index (χ2n) is 8.27. The van der Waals surface area contributed by atoms with Crippen LogP contribution in [0.2, 0.25) is 0 Å². The Labute approximate surface area is 174 Å². The van der Waals surface area contributed by atoms with Gasteiger partial charge in [-0.25, -0.2) is 4.79 Å². The van der Waals surface area contributed by atoms with Crippen molar-refractivity contribution in [1.29, 1.82) is 0 Å². The van der Waals surface area contributed by atoms with E-state index >= 15 is 0 Å². The number of anilines is 1. The molecule has 1 aliphatic rings. The average Bonchev–Trinajstić information content (AvgIpc) is 3.17. The third kappa shape index (κ3) is 2.49. The molecular weight excluding hydrogens is 376 g/mol. The van der Waals surface area contributed by atoms with E-state index in [1.807, 2.05) is 30.5 Å². The Kier molecular flexibility index (Phi) is 4.00. The first-order valence-electron chi connectivity index (χ1n) is 10.1. The van der Waals surface area contributed by atoms with E-state index < -0.39 is 0 Å². The van der Waals surface area contributed by atoms with Crippen molar-refractivity contribution in [3.8, 4) is 5.69 Å². The molecule has 0 saturated carbocycles. The van der Waals surface area contributed by atoms with Crippen LogP contribution >= 0.6 is 0 Å². The predicted octanol–water partition coefficient (Wildman–Crippen LogP) is 3.67. The Morgan fingerprint density at radius 2 is 1.63 bits per heavy atom. The second kappa shape index (κ2) is 6.49. The van der Waals surface area contributed by atoms with Crippen LogP contribution < -0.4 is 16.6 Å². The number of fused-ring (bicyclic) bond motifs is 5. The molecule has 0 fully saturated rings. The highest BCUT2D eigenvalue weighted by molar-refractivity contribution is 5.86. The van der Waals surface area contributed by atoms with Crippen LogP contribution in [0.3, 0.4) is 0 Å². The summed E-state index contributed by atoms with van der Waals surface area (Å²) in [4.78, 5) is 25.6. The number of nitrogens with one attached hydrogen (secondary N) is 1. The van der Waals surface area contributed by atoms with Gasteiger partial charge in [-0.1, -0.05) is 50.2 Å². The number of hydrogen-bond donors (Lipinski definition) is 1. The van der Waals surface area contributed by atoms with Crippen molar-refractivity contribution in [3.05, 3.63) is 92.4 Å². The van der Waals surface area contributed by atoms with Gasteiger partial charge in [-0.05, 0) is 29.2 Å². The summed E-state index contributed by atoms with van der Waals surface area (Å²) >= 11 is 0. The molecule has 1 atom stereocenters. The zero-order chi connectivity index (χ0) is 21.2. The molecule has 0 unspecified atom stereocenters. The molecule has 4 aromatic rings. The zero-order valence-corrected chi connectivity index (χ0v) is 17.5. The minimum atomic E-state index is -0.325. The van der Waals surface area contributed by atoms with Crippen LogP contribution in [0.5, 0.6) is 0 Å².